The van der Waals surface area contributed by atoms with Gasteiger partial charge >= 0.3 is 0 Å². The first-order valence-corrected chi connectivity index (χ1v) is 14.9. The molecule has 6 heteroatoms. The first-order valence-electron chi connectivity index (χ1n) is 14.9. The molecule has 3 rings (SSSR count). The van der Waals surface area contributed by atoms with Gasteiger partial charge in [-0.15, -0.1) is 0 Å². The number of Topliss-reactive ketones (excluding diaryl/α,β-unsaturated/α-hetero) is 1. The Hall–Kier alpha value is -3.15. The van der Waals surface area contributed by atoms with Crippen LogP contribution in [0.15, 0.2) is 54.6 Å². The Morgan fingerprint density at radius 3 is 2.30 bits per heavy atom. The van der Waals surface area contributed by atoms with E-state index in [1.54, 1.807) is 0 Å². The van der Waals surface area contributed by atoms with Crippen LogP contribution in [0, 0.1) is 29.1 Å². The second kappa shape index (κ2) is 14.5. The summed E-state index contributed by atoms with van der Waals surface area (Å²) in [5, 5.41) is 3.09. The van der Waals surface area contributed by atoms with Gasteiger partial charge in [0, 0.05) is 17.8 Å². The average molecular weight is 549 g/mol. The number of nitrogens with one attached hydrogen (secondary N) is 1. The highest BCUT2D eigenvalue weighted by atomic mass is 16.5. The van der Waals surface area contributed by atoms with Crippen LogP contribution in [0.5, 0.6) is 11.5 Å². The molecule has 0 heterocycles. The Bertz CT molecular complexity index is 1120. The molecule has 0 saturated heterocycles. The topological polar surface area (TPSA) is 98.5 Å². The second-order valence-electron chi connectivity index (χ2n) is 13.1. The molecular weight excluding hydrogens is 500 g/mol. The van der Waals surface area contributed by atoms with E-state index in [0.717, 1.165) is 42.7 Å². The molecule has 4 atom stereocenters. The largest absolute Gasteiger partial charge is 0.457 e. The number of carbonyl (C=O) groups is 3. The van der Waals surface area contributed by atoms with Crippen molar-refractivity contribution in [3.05, 3.63) is 60.2 Å². The summed E-state index contributed by atoms with van der Waals surface area (Å²) in [5.41, 5.74) is 6.90. The Balaban J connectivity index is 1.72. The molecule has 1 saturated carbocycles. The standard InChI is InChI=1S/C34H48N2O4/c1-23(2)20-29(28(32(35)38)18-19-34(3,4)5)33(39)36-30-17-10-9-13-25(31(30)37)21-24-12-11-16-27(22-24)40-26-14-7-6-8-15-26/h6-8,11-12,14-16,22-23,25,28-30H,9-10,13,17-21H2,1-5H3,(H2,35,38)(H,36,39). The molecule has 1 aliphatic carbocycles. The first-order chi connectivity index (χ1) is 18.9. The van der Waals surface area contributed by atoms with Crippen molar-refractivity contribution in [1.82, 2.24) is 5.32 Å². The van der Waals surface area contributed by atoms with Crippen LogP contribution >= 0.6 is 0 Å². The van der Waals surface area contributed by atoms with Crippen LogP contribution < -0.4 is 15.8 Å². The van der Waals surface area contributed by atoms with E-state index in [4.69, 9.17) is 10.5 Å². The maximum Gasteiger partial charge on any atom is 0.224 e. The van der Waals surface area contributed by atoms with Crippen LogP contribution in [0.2, 0.25) is 0 Å². The molecule has 4 unspecified atom stereocenters. The minimum Gasteiger partial charge on any atom is -0.457 e. The zero-order chi connectivity index (χ0) is 29.3. The van der Waals surface area contributed by atoms with Gasteiger partial charge in [-0.3, -0.25) is 14.4 Å². The van der Waals surface area contributed by atoms with Gasteiger partial charge in [-0.1, -0.05) is 77.8 Å². The summed E-state index contributed by atoms with van der Waals surface area (Å²) in [4.78, 5) is 39.9. The molecule has 0 aromatic heterocycles. The van der Waals surface area contributed by atoms with E-state index < -0.39 is 23.8 Å². The quantitative estimate of drug-likeness (QED) is 0.283. The Morgan fingerprint density at radius 2 is 1.65 bits per heavy atom. The number of primary amides is 1. The fraction of sp³-hybridized carbons (Fsp3) is 0.559. The molecule has 2 amide bonds. The molecule has 2 aromatic carbocycles. The van der Waals surface area contributed by atoms with Crippen LogP contribution in [0.1, 0.15) is 85.1 Å². The van der Waals surface area contributed by atoms with Gasteiger partial charge in [-0.2, -0.15) is 0 Å². The highest BCUT2D eigenvalue weighted by molar-refractivity contribution is 5.93. The third-order valence-electron chi connectivity index (χ3n) is 7.84. The fourth-order valence-electron chi connectivity index (χ4n) is 5.67. The van der Waals surface area contributed by atoms with Gasteiger partial charge in [0.25, 0.3) is 0 Å². The third-order valence-corrected chi connectivity index (χ3v) is 7.84. The normalized spacial score (nSPS) is 19.5. The fourth-order valence-corrected chi connectivity index (χ4v) is 5.67. The Morgan fingerprint density at radius 1 is 0.975 bits per heavy atom. The number of hydrogen-bond donors (Lipinski definition) is 2. The zero-order valence-electron chi connectivity index (χ0n) is 25.0. The molecule has 218 valence electrons. The number of para-hydroxylation sites is 1. The molecule has 2 aromatic rings. The van der Waals surface area contributed by atoms with Crippen LogP contribution in [0.25, 0.3) is 0 Å². The van der Waals surface area contributed by atoms with Crippen molar-refractivity contribution in [1.29, 1.82) is 0 Å². The summed E-state index contributed by atoms with van der Waals surface area (Å²) < 4.78 is 5.99. The predicted octanol–water partition coefficient (Wildman–Crippen LogP) is 6.86. The molecular formula is C34H48N2O4. The SMILES string of the molecule is CC(C)CC(C(=O)NC1CCCCC(Cc2cccc(Oc3ccccc3)c2)C1=O)C(CCC(C)(C)C)C(N)=O. The van der Waals surface area contributed by atoms with Crippen molar-refractivity contribution >= 4 is 17.6 Å². The van der Waals surface area contributed by atoms with Gasteiger partial charge in [-0.25, -0.2) is 0 Å². The van der Waals surface area contributed by atoms with Crippen molar-refractivity contribution < 1.29 is 19.1 Å². The molecule has 0 aliphatic heterocycles. The molecule has 40 heavy (non-hydrogen) atoms. The molecule has 1 aliphatic rings. The van der Waals surface area contributed by atoms with E-state index in [9.17, 15) is 14.4 Å². The number of benzene rings is 2. The molecule has 0 spiro atoms. The van der Waals surface area contributed by atoms with E-state index in [-0.39, 0.29) is 28.9 Å². The van der Waals surface area contributed by atoms with Gasteiger partial charge in [0.2, 0.25) is 11.8 Å². The van der Waals surface area contributed by atoms with Crippen LogP contribution in [0.4, 0.5) is 0 Å². The first kappa shape index (κ1) is 31.4. The van der Waals surface area contributed by atoms with Gasteiger partial charge < -0.3 is 15.8 Å². The number of ketones is 1. The summed E-state index contributed by atoms with van der Waals surface area (Å²) in [7, 11) is 0. The minimum absolute atomic E-state index is 0.0282. The van der Waals surface area contributed by atoms with Gasteiger partial charge in [0.15, 0.2) is 5.78 Å². The minimum atomic E-state index is -0.550. The van der Waals surface area contributed by atoms with Crippen molar-refractivity contribution in [3.63, 3.8) is 0 Å². The zero-order valence-corrected chi connectivity index (χ0v) is 25.0. The van der Waals surface area contributed by atoms with Crippen LogP contribution in [0.3, 0.4) is 0 Å². The van der Waals surface area contributed by atoms with E-state index in [2.05, 4.69) is 26.1 Å². The number of ether oxygens (including phenoxy) is 1. The Kier molecular flexibility index (Phi) is 11.4. The van der Waals surface area contributed by atoms with Crippen molar-refractivity contribution in [3.8, 4) is 11.5 Å². The van der Waals surface area contributed by atoms with E-state index >= 15 is 0 Å². The Labute approximate surface area is 240 Å². The lowest BCUT2D eigenvalue weighted by Crippen LogP contribution is -2.48. The summed E-state index contributed by atoms with van der Waals surface area (Å²) in [6.07, 6.45) is 5.74. The highest BCUT2D eigenvalue weighted by Crippen LogP contribution is 2.32. The lowest BCUT2D eigenvalue weighted by Gasteiger charge is -2.30. The smallest absolute Gasteiger partial charge is 0.224 e. The van der Waals surface area contributed by atoms with Crippen LogP contribution in [-0.2, 0) is 20.8 Å². The van der Waals surface area contributed by atoms with Crippen LogP contribution in [-0.4, -0.2) is 23.6 Å². The van der Waals surface area contributed by atoms with Crippen molar-refractivity contribution in [2.75, 3.05) is 0 Å². The molecule has 0 radical (unpaired) electrons. The number of hydrogen-bond acceptors (Lipinski definition) is 4. The maximum atomic E-state index is 13.7. The lowest BCUT2D eigenvalue weighted by atomic mass is 9.77. The van der Waals surface area contributed by atoms with Crippen molar-refractivity contribution in [2.45, 2.75) is 92.0 Å². The van der Waals surface area contributed by atoms with E-state index in [1.165, 1.54) is 0 Å². The number of amides is 2. The van der Waals surface area contributed by atoms with Crippen molar-refractivity contribution in [2.24, 2.45) is 34.8 Å². The average Bonchev–Trinajstić information content (AvgIpc) is 3.04. The predicted molar refractivity (Wildman–Crippen MR) is 160 cm³/mol. The third kappa shape index (κ3) is 9.79. The summed E-state index contributed by atoms with van der Waals surface area (Å²) in [6, 6.07) is 17.0. The van der Waals surface area contributed by atoms with Gasteiger partial charge in [-0.05, 0) is 79.7 Å². The summed E-state index contributed by atoms with van der Waals surface area (Å²) >= 11 is 0. The maximum absolute atomic E-state index is 13.7. The van der Waals surface area contributed by atoms with Gasteiger partial charge in [0.1, 0.15) is 11.5 Å². The molecule has 3 N–H and O–H groups in total. The number of rotatable bonds is 12. The number of nitrogens with two attached hydrogens (primary N) is 1. The summed E-state index contributed by atoms with van der Waals surface area (Å²) in [5.74, 6) is -0.136. The second-order valence-corrected chi connectivity index (χ2v) is 13.1. The highest BCUT2D eigenvalue weighted by Gasteiger charge is 2.37. The van der Waals surface area contributed by atoms with E-state index in [0.29, 0.717) is 25.7 Å². The molecule has 0 bridgehead atoms. The summed E-state index contributed by atoms with van der Waals surface area (Å²) in [6.45, 7) is 10.5. The van der Waals surface area contributed by atoms with Gasteiger partial charge in [0.05, 0.1) is 6.04 Å². The van der Waals surface area contributed by atoms with E-state index in [1.807, 2.05) is 68.4 Å². The molecule has 6 nitrogen and oxygen atoms in total. The lowest BCUT2D eigenvalue weighted by molar-refractivity contribution is -0.137. The molecule has 1 fully saturated rings. The number of carbonyl (C=O) groups excluding carboxylic acids is 3. The monoisotopic (exact) mass is 548 g/mol.